The monoisotopic (exact) mass is 444 g/mol. The predicted octanol–water partition coefficient (Wildman–Crippen LogP) is 6.78. The van der Waals surface area contributed by atoms with E-state index in [0.717, 1.165) is 10.9 Å². The number of rotatable bonds is 6. The number of ether oxygens (including phenoxy) is 2. The Kier molecular flexibility index (Phi) is 6.98. The van der Waals surface area contributed by atoms with E-state index in [4.69, 9.17) is 21.1 Å². The Labute approximate surface area is 185 Å². The lowest BCUT2D eigenvalue weighted by Crippen LogP contribution is -1.99. The van der Waals surface area contributed by atoms with E-state index in [1.807, 2.05) is 42.5 Å². The van der Waals surface area contributed by atoms with Gasteiger partial charge in [-0.25, -0.2) is 4.39 Å². The minimum atomic E-state index is -0.433. The van der Waals surface area contributed by atoms with Crippen molar-refractivity contribution in [1.82, 2.24) is 4.98 Å². The number of anilines is 2. The van der Waals surface area contributed by atoms with Crippen molar-refractivity contribution in [3.63, 3.8) is 0 Å². The molecular weight excluding hydrogens is 426 g/mol. The SMILES string of the molecule is COc1cc2c(Nc3ccc(Cl)cc3F)ccnc2cc1OCc1ccccc1.Cl. The molecule has 154 valence electrons. The average Bonchev–Trinajstić information content (AvgIpc) is 2.74. The van der Waals surface area contributed by atoms with Crippen molar-refractivity contribution in [2.75, 3.05) is 12.4 Å². The van der Waals surface area contributed by atoms with Crippen LogP contribution in [0, 0.1) is 5.82 Å². The third-order valence-corrected chi connectivity index (χ3v) is 4.70. The summed E-state index contributed by atoms with van der Waals surface area (Å²) in [6.07, 6.45) is 1.66. The van der Waals surface area contributed by atoms with Crippen LogP contribution < -0.4 is 14.8 Å². The zero-order valence-electron chi connectivity index (χ0n) is 16.1. The Balaban J connectivity index is 0.00000256. The van der Waals surface area contributed by atoms with Gasteiger partial charge >= 0.3 is 0 Å². The van der Waals surface area contributed by atoms with Crippen LogP contribution in [-0.4, -0.2) is 12.1 Å². The Morgan fingerprint density at radius 3 is 2.50 bits per heavy atom. The molecule has 0 saturated carbocycles. The number of hydrogen-bond donors (Lipinski definition) is 1. The van der Waals surface area contributed by atoms with Gasteiger partial charge in [-0.3, -0.25) is 4.98 Å². The van der Waals surface area contributed by atoms with Gasteiger partial charge in [0.25, 0.3) is 0 Å². The van der Waals surface area contributed by atoms with Gasteiger partial charge in [0.1, 0.15) is 12.4 Å². The van der Waals surface area contributed by atoms with Crippen LogP contribution in [0.1, 0.15) is 5.56 Å². The Morgan fingerprint density at radius 2 is 1.77 bits per heavy atom. The maximum atomic E-state index is 14.2. The van der Waals surface area contributed by atoms with Crippen LogP contribution in [0.2, 0.25) is 5.02 Å². The standard InChI is InChI=1S/C23H18ClFN2O2.ClH/c1-28-22-12-17-19(27-20-8-7-16(24)11-18(20)25)9-10-26-21(17)13-23(22)29-14-15-5-3-2-4-6-15;/h2-13H,14H2,1H3,(H,26,27);1H. The lowest BCUT2D eigenvalue weighted by Gasteiger charge is -2.15. The molecule has 0 saturated heterocycles. The van der Waals surface area contributed by atoms with E-state index in [0.29, 0.717) is 40.0 Å². The molecule has 0 fully saturated rings. The molecule has 7 heteroatoms. The summed E-state index contributed by atoms with van der Waals surface area (Å²) < 4.78 is 25.7. The summed E-state index contributed by atoms with van der Waals surface area (Å²) in [5, 5.41) is 4.23. The van der Waals surface area contributed by atoms with Gasteiger partial charge in [0.2, 0.25) is 0 Å². The molecule has 0 amide bonds. The first-order valence-corrected chi connectivity index (χ1v) is 9.37. The lowest BCUT2D eigenvalue weighted by molar-refractivity contribution is 0.285. The number of fused-ring (bicyclic) bond motifs is 1. The Morgan fingerprint density at radius 1 is 0.967 bits per heavy atom. The normalized spacial score (nSPS) is 10.4. The van der Waals surface area contributed by atoms with Crippen molar-refractivity contribution < 1.29 is 13.9 Å². The van der Waals surface area contributed by atoms with Crippen LogP contribution in [-0.2, 0) is 6.61 Å². The highest BCUT2D eigenvalue weighted by Gasteiger charge is 2.12. The number of nitrogens with zero attached hydrogens (tertiary/aromatic N) is 1. The third kappa shape index (κ3) is 4.75. The largest absolute Gasteiger partial charge is 0.493 e. The van der Waals surface area contributed by atoms with Crippen LogP contribution in [0.5, 0.6) is 11.5 Å². The number of pyridine rings is 1. The molecule has 1 aromatic heterocycles. The molecule has 4 nitrogen and oxygen atoms in total. The average molecular weight is 445 g/mol. The lowest BCUT2D eigenvalue weighted by atomic mass is 10.1. The summed E-state index contributed by atoms with van der Waals surface area (Å²) in [5.74, 6) is 0.726. The quantitative estimate of drug-likeness (QED) is 0.355. The second-order valence-electron chi connectivity index (χ2n) is 6.40. The second-order valence-corrected chi connectivity index (χ2v) is 6.84. The van der Waals surface area contributed by atoms with Gasteiger partial charge in [0.05, 0.1) is 18.3 Å². The molecule has 1 heterocycles. The smallest absolute Gasteiger partial charge is 0.163 e. The van der Waals surface area contributed by atoms with Crippen molar-refractivity contribution >= 4 is 46.3 Å². The van der Waals surface area contributed by atoms with Crippen molar-refractivity contribution in [3.8, 4) is 11.5 Å². The fraction of sp³-hybridized carbons (Fsp3) is 0.0870. The zero-order chi connectivity index (χ0) is 20.2. The van der Waals surface area contributed by atoms with Gasteiger partial charge in [0.15, 0.2) is 11.5 Å². The first kappa shape index (κ1) is 21.7. The topological polar surface area (TPSA) is 43.4 Å². The minimum Gasteiger partial charge on any atom is -0.493 e. The minimum absolute atomic E-state index is 0. The predicted molar refractivity (Wildman–Crippen MR) is 121 cm³/mol. The van der Waals surface area contributed by atoms with E-state index < -0.39 is 5.82 Å². The molecule has 0 aliphatic carbocycles. The number of benzene rings is 3. The highest BCUT2D eigenvalue weighted by molar-refractivity contribution is 6.30. The fourth-order valence-corrected chi connectivity index (χ4v) is 3.17. The van der Waals surface area contributed by atoms with E-state index in [1.54, 1.807) is 31.5 Å². The molecule has 0 aliphatic rings. The fourth-order valence-electron chi connectivity index (χ4n) is 3.01. The van der Waals surface area contributed by atoms with E-state index in [9.17, 15) is 4.39 Å². The van der Waals surface area contributed by atoms with Gasteiger partial charge in [-0.1, -0.05) is 41.9 Å². The highest BCUT2D eigenvalue weighted by Crippen LogP contribution is 2.36. The summed E-state index contributed by atoms with van der Waals surface area (Å²) in [6, 6.07) is 19.8. The van der Waals surface area contributed by atoms with Gasteiger partial charge in [-0.15, -0.1) is 12.4 Å². The van der Waals surface area contributed by atoms with Gasteiger partial charge < -0.3 is 14.8 Å². The van der Waals surface area contributed by atoms with Gasteiger partial charge in [0, 0.05) is 28.4 Å². The van der Waals surface area contributed by atoms with Crippen molar-refractivity contribution in [3.05, 3.63) is 89.3 Å². The van der Waals surface area contributed by atoms with E-state index >= 15 is 0 Å². The molecule has 0 bridgehead atoms. The number of hydrogen-bond acceptors (Lipinski definition) is 4. The van der Waals surface area contributed by atoms with Crippen LogP contribution in [0.3, 0.4) is 0 Å². The molecule has 0 unspecified atom stereocenters. The molecule has 0 aliphatic heterocycles. The van der Waals surface area contributed by atoms with Crippen molar-refractivity contribution in [1.29, 1.82) is 0 Å². The second kappa shape index (κ2) is 9.65. The summed E-state index contributed by atoms with van der Waals surface area (Å²) >= 11 is 5.84. The first-order valence-electron chi connectivity index (χ1n) is 8.99. The van der Waals surface area contributed by atoms with Crippen LogP contribution in [0.25, 0.3) is 10.9 Å². The zero-order valence-corrected chi connectivity index (χ0v) is 17.6. The highest BCUT2D eigenvalue weighted by atomic mass is 35.5. The molecule has 4 rings (SSSR count). The summed E-state index contributed by atoms with van der Waals surface area (Å²) in [7, 11) is 1.58. The number of nitrogens with one attached hydrogen (secondary N) is 1. The maximum Gasteiger partial charge on any atom is 0.163 e. The molecule has 0 atom stereocenters. The summed E-state index contributed by atoms with van der Waals surface area (Å²) in [4.78, 5) is 4.42. The molecule has 4 aromatic rings. The van der Waals surface area contributed by atoms with E-state index in [2.05, 4.69) is 10.3 Å². The van der Waals surface area contributed by atoms with E-state index in [1.165, 1.54) is 6.07 Å². The summed E-state index contributed by atoms with van der Waals surface area (Å²) in [6.45, 7) is 0.413. The molecule has 30 heavy (non-hydrogen) atoms. The van der Waals surface area contributed by atoms with Crippen molar-refractivity contribution in [2.45, 2.75) is 6.61 Å². The van der Waals surface area contributed by atoms with Crippen molar-refractivity contribution in [2.24, 2.45) is 0 Å². The number of halogens is 3. The van der Waals surface area contributed by atoms with Gasteiger partial charge in [-0.2, -0.15) is 0 Å². The number of methoxy groups -OCH3 is 1. The Bertz CT molecular complexity index is 1160. The van der Waals surface area contributed by atoms with Gasteiger partial charge in [-0.05, 0) is 35.9 Å². The molecule has 1 N–H and O–H groups in total. The molecule has 0 radical (unpaired) electrons. The molecule has 0 spiro atoms. The van der Waals surface area contributed by atoms with E-state index in [-0.39, 0.29) is 12.4 Å². The number of aromatic nitrogens is 1. The third-order valence-electron chi connectivity index (χ3n) is 4.46. The Hall–Kier alpha value is -3.02. The summed E-state index contributed by atoms with van der Waals surface area (Å²) in [5.41, 5.74) is 2.78. The first-order chi connectivity index (χ1) is 14.1. The molecular formula is C23H19Cl2FN2O2. The molecule has 3 aromatic carbocycles. The van der Waals surface area contributed by atoms with Crippen LogP contribution in [0.15, 0.2) is 72.9 Å². The van der Waals surface area contributed by atoms with Crippen LogP contribution >= 0.6 is 24.0 Å². The van der Waals surface area contributed by atoms with Crippen LogP contribution in [0.4, 0.5) is 15.8 Å². The maximum absolute atomic E-state index is 14.2.